The molecule has 0 unspecified atom stereocenters. The first kappa shape index (κ1) is 18.6. The highest BCUT2D eigenvalue weighted by molar-refractivity contribution is 8.00. The Morgan fingerprint density at radius 1 is 1.08 bits per heavy atom. The third-order valence-electron chi connectivity index (χ3n) is 4.18. The van der Waals surface area contributed by atoms with E-state index >= 15 is 0 Å². The van der Waals surface area contributed by atoms with Crippen molar-refractivity contribution < 1.29 is 9.53 Å². The van der Waals surface area contributed by atoms with E-state index in [1.165, 1.54) is 4.90 Å². The number of halogens is 2. The van der Waals surface area contributed by atoms with Crippen LogP contribution in [0, 0.1) is 0 Å². The van der Waals surface area contributed by atoms with Gasteiger partial charge in [0.2, 0.25) is 0 Å². The highest BCUT2D eigenvalue weighted by Gasteiger charge is 2.34. The molecular weight excluding hydrogens is 377 g/mol. The Labute approximate surface area is 162 Å². The van der Waals surface area contributed by atoms with Crippen LogP contribution < -0.4 is 5.32 Å². The third kappa shape index (κ3) is 5.14. The number of hydrogen-bond donors (Lipinski definition) is 1. The molecule has 0 radical (unpaired) electrons. The van der Waals surface area contributed by atoms with Gasteiger partial charge in [0, 0.05) is 45.0 Å². The van der Waals surface area contributed by atoms with Gasteiger partial charge in [-0.15, -0.1) is 11.8 Å². The molecule has 1 amide bonds. The van der Waals surface area contributed by atoms with Gasteiger partial charge in [0.1, 0.15) is 0 Å². The molecule has 0 saturated carbocycles. The van der Waals surface area contributed by atoms with Crippen LogP contribution in [0.3, 0.4) is 0 Å². The van der Waals surface area contributed by atoms with Gasteiger partial charge in [0.15, 0.2) is 0 Å². The quantitative estimate of drug-likeness (QED) is 0.768. The minimum atomic E-state index is -0.163. The van der Waals surface area contributed by atoms with Gasteiger partial charge >= 0.3 is 0 Å². The monoisotopic (exact) mass is 395 g/mol. The number of nitrogens with one attached hydrogen (secondary N) is 1. The molecule has 0 spiro atoms. The molecule has 1 aliphatic heterocycles. The molecule has 1 N–H and O–H groups in total. The first-order valence-electron chi connectivity index (χ1n) is 8.12. The molecule has 0 aliphatic carbocycles. The standard InChI is InChI=1S/C19H19Cl2NO2S/c20-15-10-14(11-16(21)12-15)18(23)22-13-19(6-8-24-9-7-19)25-17-4-2-1-3-5-17/h1-5,10-12H,6-9,13H2,(H,22,23). The van der Waals surface area contributed by atoms with E-state index in [-0.39, 0.29) is 10.7 Å². The Bertz CT molecular complexity index is 713. The van der Waals surface area contributed by atoms with Gasteiger partial charge in [-0.1, -0.05) is 41.4 Å². The van der Waals surface area contributed by atoms with Crippen LogP contribution in [0.2, 0.25) is 10.0 Å². The van der Waals surface area contributed by atoms with E-state index in [1.54, 1.807) is 18.2 Å². The zero-order valence-corrected chi connectivity index (χ0v) is 16.0. The van der Waals surface area contributed by atoms with Crippen molar-refractivity contribution >= 4 is 40.9 Å². The van der Waals surface area contributed by atoms with Crippen LogP contribution in [0.1, 0.15) is 23.2 Å². The fourth-order valence-electron chi connectivity index (χ4n) is 2.83. The average molecular weight is 396 g/mol. The van der Waals surface area contributed by atoms with Crippen LogP contribution in [-0.2, 0) is 4.74 Å². The summed E-state index contributed by atoms with van der Waals surface area (Å²) in [5.74, 6) is -0.163. The molecule has 0 bridgehead atoms. The van der Waals surface area contributed by atoms with E-state index in [9.17, 15) is 4.79 Å². The maximum atomic E-state index is 12.5. The van der Waals surface area contributed by atoms with Crippen molar-refractivity contribution in [2.45, 2.75) is 22.5 Å². The summed E-state index contributed by atoms with van der Waals surface area (Å²) in [5, 5.41) is 3.96. The summed E-state index contributed by atoms with van der Waals surface area (Å²) in [4.78, 5) is 13.7. The van der Waals surface area contributed by atoms with E-state index in [2.05, 4.69) is 17.4 Å². The number of rotatable bonds is 5. The first-order valence-corrected chi connectivity index (χ1v) is 9.70. The van der Waals surface area contributed by atoms with Gasteiger partial charge in [0.05, 0.1) is 0 Å². The Kier molecular flexibility index (Phi) is 6.29. The molecule has 3 nitrogen and oxygen atoms in total. The maximum Gasteiger partial charge on any atom is 0.251 e. The number of benzene rings is 2. The molecule has 0 atom stereocenters. The van der Waals surface area contributed by atoms with Crippen molar-refractivity contribution in [3.63, 3.8) is 0 Å². The lowest BCUT2D eigenvalue weighted by molar-refractivity contribution is 0.0741. The zero-order chi connectivity index (χ0) is 17.7. The second-order valence-corrected chi connectivity index (χ2v) is 8.47. The fourth-order valence-corrected chi connectivity index (χ4v) is 4.66. The van der Waals surface area contributed by atoms with Crippen LogP contribution in [0.25, 0.3) is 0 Å². The maximum absolute atomic E-state index is 12.5. The van der Waals surface area contributed by atoms with E-state index in [4.69, 9.17) is 27.9 Å². The third-order valence-corrected chi connectivity index (χ3v) is 6.11. The number of ether oxygens (including phenoxy) is 1. The van der Waals surface area contributed by atoms with Crippen LogP contribution in [0.15, 0.2) is 53.4 Å². The molecule has 2 aromatic carbocycles. The smallest absolute Gasteiger partial charge is 0.251 e. The molecule has 2 aromatic rings. The Balaban J connectivity index is 1.71. The lowest BCUT2D eigenvalue weighted by atomic mass is 9.99. The van der Waals surface area contributed by atoms with Crippen LogP contribution >= 0.6 is 35.0 Å². The summed E-state index contributed by atoms with van der Waals surface area (Å²) < 4.78 is 5.45. The molecule has 1 saturated heterocycles. The molecule has 0 aromatic heterocycles. The molecule has 25 heavy (non-hydrogen) atoms. The van der Waals surface area contributed by atoms with Gasteiger partial charge < -0.3 is 10.1 Å². The van der Waals surface area contributed by atoms with E-state index in [0.29, 0.717) is 35.4 Å². The number of carbonyl (C=O) groups excluding carboxylic acids is 1. The summed E-state index contributed by atoms with van der Waals surface area (Å²) in [6, 6.07) is 15.1. The summed E-state index contributed by atoms with van der Waals surface area (Å²) in [6.45, 7) is 1.98. The average Bonchev–Trinajstić information content (AvgIpc) is 2.60. The molecule has 1 fully saturated rings. The van der Waals surface area contributed by atoms with Crippen molar-refractivity contribution in [3.05, 3.63) is 64.1 Å². The van der Waals surface area contributed by atoms with Gasteiger partial charge in [-0.05, 0) is 43.2 Å². The SMILES string of the molecule is O=C(NCC1(Sc2ccccc2)CCOCC1)c1cc(Cl)cc(Cl)c1. The summed E-state index contributed by atoms with van der Waals surface area (Å²) in [6.07, 6.45) is 1.78. The van der Waals surface area contributed by atoms with Crippen molar-refractivity contribution in [3.8, 4) is 0 Å². The zero-order valence-electron chi connectivity index (χ0n) is 13.6. The van der Waals surface area contributed by atoms with E-state index in [1.807, 2.05) is 30.0 Å². The molecular formula is C19H19Cl2NO2S. The van der Waals surface area contributed by atoms with Gasteiger partial charge in [-0.2, -0.15) is 0 Å². The van der Waals surface area contributed by atoms with Crippen molar-refractivity contribution in [1.82, 2.24) is 5.32 Å². The second-order valence-electron chi connectivity index (χ2n) is 6.05. The molecule has 3 rings (SSSR count). The molecule has 1 heterocycles. The van der Waals surface area contributed by atoms with Crippen LogP contribution in [-0.4, -0.2) is 30.4 Å². The Morgan fingerprint density at radius 2 is 1.72 bits per heavy atom. The van der Waals surface area contributed by atoms with Crippen molar-refractivity contribution in [1.29, 1.82) is 0 Å². The number of amides is 1. The topological polar surface area (TPSA) is 38.3 Å². The van der Waals surface area contributed by atoms with Crippen LogP contribution in [0.4, 0.5) is 0 Å². The number of carbonyl (C=O) groups is 1. The van der Waals surface area contributed by atoms with Crippen molar-refractivity contribution in [2.24, 2.45) is 0 Å². The largest absolute Gasteiger partial charge is 0.381 e. The molecule has 132 valence electrons. The normalized spacial score (nSPS) is 16.4. The fraction of sp³-hybridized carbons (Fsp3) is 0.316. The predicted molar refractivity (Wildman–Crippen MR) is 104 cm³/mol. The van der Waals surface area contributed by atoms with Gasteiger partial charge in [0.25, 0.3) is 5.91 Å². The van der Waals surface area contributed by atoms with Gasteiger partial charge in [-0.3, -0.25) is 4.79 Å². The molecule has 6 heteroatoms. The molecule has 1 aliphatic rings. The van der Waals surface area contributed by atoms with Crippen molar-refractivity contribution in [2.75, 3.05) is 19.8 Å². The minimum Gasteiger partial charge on any atom is -0.381 e. The minimum absolute atomic E-state index is 0.0718. The van der Waals surface area contributed by atoms with Gasteiger partial charge in [-0.25, -0.2) is 0 Å². The lowest BCUT2D eigenvalue weighted by Gasteiger charge is -2.36. The second kappa shape index (κ2) is 8.45. The highest BCUT2D eigenvalue weighted by Crippen LogP contribution is 2.40. The lowest BCUT2D eigenvalue weighted by Crippen LogP contribution is -2.44. The Hall–Kier alpha value is -1.20. The number of thioether (sulfide) groups is 1. The summed E-state index contributed by atoms with van der Waals surface area (Å²) in [5.41, 5.74) is 0.476. The van der Waals surface area contributed by atoms with Crippen LogP contribution in [0.5, 0.6) is 0 Å². The van der Waals surface area contributed by atoms with E-state index < -0.39 is 0 Å². The van der Waals surface area contributed by atoms with E-state index in [0.717, 1.165) is 12.8 Å². The Morgan fingerprint density at radius 3 is 2.36 bits per heavy atom. The predicted octanol–water partition coefficient (Wildman–Crippen LogP) is 5.06. The highest BCUT2D eigenvalue weighted by atomic mass is 35.5. The summed E-state index contributed by atoms with van der Waals surface area (Å²) in [7, 11) is 0. The first-order chi connectivity index (χ1) is 12.1. The number of hydrogen-bond acceptors (Lipinski definition) is 3. The summed E-state index contributed by atoms with van der Waals surface area (Å²) >= 11 is 13.8.